The molecule has 1 aliphatic rings. The van der Waals surface area contributed by atoms with Crippen LogP contribution in [0.1, 0.15) is 25.7 Å². The quantitative estimate of drug-likeness (QED) is 0.664. The zero-order valence-corrected chi connectivity index (χ0v) is 8.97. The van der Waals surface area contributed by atoms with Gasteiger partial charge >= 0.3 is 0 Å². The molecular formula is C8H15NOS2. The van der Waals surface area contributed by atoms with E-state index in [1.807, 2.05) is 10.8 Å². The zero-order valence-electron chi connectivity index (χ0n) is 7.34. The number of carbonyl (C=O) groups is 1. The van der Waals surface area contributed by atoms with Crippen molar-refractivity contribution >= 4 is 27.5 Å². The standard InChI is InChI=1S/C8H15NOS2/c1-9-8(10)7-5-3-2-4-6-11-12-7/h7H,2-6H2,1H3,(H,9,10). The Morgan fingerprint density at radius 2 is 2.25 bits per heavy atom. The molecule has 1 heterocycles. The minimum absolute atomic E-state index is 0.181. The van der Waals surface area contributed by atoms with Crippen molar-refractivity contribution < 1.29 is 4.79 Å². The highest BCUT2D eigenvalue weighted by Gasteiger charge is 2.18. The monoisotopic (exact) mass is 205 g/mol. The van der Waals surface area contributed by atoms with Crippen molar-refractivity contribution in [2.45, 2.75) is 30.9 Å². The van der Waals surface area contributed by atoms with E-state index in [-0.39, 0.29) is 11.2 Å². The number of hydrogen-bond donors (Lipinski definition) is 1. The molecule has 0 saturated carbocycles. The van der Waals surface area contributed by atoms with Crippen molar-refractivity contribution in [3.8, 4) is 0 Å². The van der Waals surface area contributed by atoms with E-state index >= 15 is 0 Å². The van der Waals surface area contributed by atoms with Crippen molar-refractivity contribution in [2.24, 2.45) is 0 Å². The van der Waals surface area contributed by atoms with Gasteiger partial charge in [-0.2, -0.15) is 0 Å². The Kier molecular flexibility index (Phi) is 4.92. The summed E-state index contributed by atoms with van der Waals surface area (Å²) in [5, 5.41) is 2.89. The molecule has 0 aromatic rings. The molecule has 1 atom stereocenters. The third-order valence-corrected chi connectivity index (χ3v) is 4.80. The van der Waals surface area contributed by atoms with Gasteiger partial charge in [0.2, 0.25) is 5.91 Å². The molecule has 70 valence electrons. The van der Waals surface area contributed by atoms with Crippen LogP contribution in [0.25, 0.3) is 0 Å². The van der Waals surface area contributed by atoms with Crippen molar-refractivity contribution in [1.82, 2.24) is 5.32 Å². The van der Waals surface area contributed by atoms with Gasteiger partial charge in [0.1, 0.15) is 0 Å². The fraction of sp³-hybridized carbons (Fsp3) is 0.875. The van der Waals surface area contributed by atoms with Crippen LogP contribution in [0.2, 0.25) is 0 Å². The van der Waals surface area contributed by atoms with E-state index < -0.39 is 0 Å². The molecule has 1 rings (SSSR count). The summed E-state index contributed by atoms with van der Waals surface area (Å²) < 4.78 is 0. The van der Waals surface area contributed by atoms with E-state index in [4.69, 9.17) is 0 Å². The Balaban J connectivity index is 2.34. The SMILES string of the molecule is CNC(=O)C1CCCCCSS1. The summed E-state index contributed by atoms with van der Waals surface area (Å²) in [7, 11) is 5.29. The van der Waals surface area contributed by atoms with E-state index in [1.165, 1.54) is 25.0 Å². The lowest BCUT2D eigenvalue weighted by molar-refractivity contribution is -0.120. The maximum absolute atomic E-state index is 11.3. The topological polar surface area (TPSA) is 29.1 Å². The number of hydrogen-bond acceptors (Lipinski definition) is 3. The van der Waals surface area contributed by atoms with E-state index in [0.717, 1.165) is 6.42 Å². The first-order chi connectivity index (χ1) is 5.84. The minimum Gasteiger partial charge on any atom is -0.358 e. The molecule has 0 bridgehead atoms. The van der Waals surface area contributed by atoms with Crippen LogP contribution in [0.5, 0.6) is 0 Å². The Labute approximate surface area is 81.6 Å². The molecule has 0 radical (unpaired) electrons. The Morgan fingerprint density at radius 1 is 1.42 bits per heavy atom. The summed E-state index contributed by atoms with van der Waals surface area (Å²) >= 11 is 0. The van der Waals surface area contributed by atoms with Crippen molar-refractivity contribution in [3.63, 3.8) is 0 Å². The predicted molar refractivity (Wildman–Crippen MR) is 56.4 cm³/mol. The fourth-order valence-corrected chi connectivity index (χ4v) is 3.92. The van der Waals surface area contributed by atoms with Crippen LogP contribution >= 0.6 is 21.6 Å². The molecule has 1 fully saturated rings. The minimum atomic E-state index is 0.181. The van der Waals surface area contributed by atoms with E-state index in [0.29, 0.717) is 0 Å². The molecule has 1 amide bonds. The Bertz CT molecular complexity index is 144. The van der Waals surface area contributed by atoms with Crippen LogP contribution in [-0.2, 0) is 4.79 Å². The highest BCUT2D eigenvalue weighted by Crippen LogP contribution is 2.33. The van der Waals surface area contributed by atoms with Gasteiger partial charge in [0.05, 0.1) is 5.25 Å². The second-order valence-corrected chi connectivity index (χ2v) is 5.56. The second kappa shape index (κ2) is 5.75. The van der Waals surface area contributed by atoms with Crippen molar-refractivity contribution in [1.29, 1.82) is 0 Å². The van der Waals surface area contributed by atoms with Gasteiger partial charge in [0, 0.05) is 12.8 Å². The Hall–Kier alpha value is 0.170. The third-order valence-electron chi connectivity index (χ3n) is 1.92. The fourth-order valence-electron chi connectivity index (χ4n) is 1.18. The second-order valence-electron chi connectivity index (χ2n) is 2.87. The third kappa shape index (κ3) is 3.27. The number of carbonyl (C=O) groups excluding carboxylic acids is 1. The summed E-state index contributed by atoms with van der Waals surface area (Å²) in [6.45, 7) is 0. The maximum Gasteiger partial charge on any atom is 0.233 e. The lowest BCUT2D eigenvalue weighted by Gasteiger charge is -2.16. The molecule has 1 N–H and O–H groups in total. The van der Waals surface area contributed by atoms with Gasteiger partial charge in [0.15, 0.2) is 0 Å². The highest BCUT2D eigenvalue weighted by molar-refractivity contribution is 8.77. The normalized spacial score (nSPS) is 25.6. The molecule has 2 nitrogen and oxygen atoms in total. The summed E-state index contributed by atoms with van der Waals surface area (Å²) in [5.41, 5.74) is 0. The van der Waals surface area contributed by atoms with Gasteiger partial charge in [-0.1, -0.05) is 34.4 Å². The van der Waals surface area contributed by atoms with Crippen molar-refractivity contribution in [3.05, 3.63) is 0 Å². The van der Waals surface area contributed by atoms with Crippen LogP contribution in [0.4, 0.5) is 0 Å². The summed E-state index contributed by atoms with van der Waals surface area (Å²) in [6, 6.07) is 0. The lowest BCUT2D eigenvalue weighted by Crippen LogP contribution is -2.29. The summed E-state index contributed by atoms with van der Waals surface area (Å²) in [4.78, 5) is 11.3. The first-order valence-corrected chi connectivity index (χ1v) is 6.72. The smallest absolute Gasteiger partial charge is 0.233 e. The predicted octanol–water partition coefficient (Wildman–Crippen LogP) is 2.06. The zero-order chi connectivity index (χ0) is 8.81. The van der Waals surface area contributed by atoms with Crippen LogP contribution in [0.15, 0.2) is 0 Å². The molecular weight excluding hydrogens is 190 g/mol. The maximum atomic E-state index is 11.3. The van der Waals surface area contributed by atoms with Gasteiger partial charge in [-0.3, -0.25) is 4.79 Å². The average molecular weight is 205 g/mol. The molecule has 12 heavy (non-hydrogen) atoms. The largest absolute Gasteiger partial charge is 0.358 e. The molecule has 0 aliphatic carbocycles. The number of nitrogens with one attached hydrogen (secondary N) is 1. The van der Waals surface area contributed by atoms with Gasteiger partial charge in [0.25, 0.3) is 0 Å². The molecule has 4 heteroatoms. The first kappa shape index (κ1) is 10.3. The van der Waals surface area contributed by atoms with Gasteiger partial charge in [-0.05, 0) is 12.8 Å². The molecule has 1 saturated heterocycles. The van der Waals surface area contributed by atoms with Gasteiger partial charge in [-0.25, -0.2) is 0 Å². The van der Waals surface area contributed by atoms with Crippen LogP contribution in [-0.4, -0.2) is 24.0 Å². The van der Waals surface area contributed by atoms with E-state index in [2.05, 4.69) is 5.32 Å². The van der Waals surface area contributed by atoms with Gasteiger partial charge < -0.3 is 5.32 Å². The van der Waals surface area contributed by atoms with Gasteiger partial charge in [-0.15, -0.1) is 0 Å². The molecule has 0 aromatic carbocycles. The summed E-state index contributed by atoms with van der Waals surface area (Å²) in [5.74, 6) is 1.38. The molecule has 1 aliphatic heterocycles. The first-order valence-electron chi connectivity index (χ1n) is 4.34. The van der Waals surface area contributed by atoms with Crippen LogP contribution in [0, 0.1) is 0 Å². The Morgan fingerprint density at radius 3 is 3.00 bits per heavy atom. The van der Waals surface area contributed by atoms with E-state index in [9.17, 15) is 4.79 Å². The summed E-state index contributed by atoms with van der Waals surface area (Å²) in [6.07, 6.45) is 4.82. The lowest BCUT2D eigenvalue weighted by atomic mass is 10.1. The van der Waals surface area contributed by atoms with E-state index in [1.54, 1.807) is 17.8 Å². The molecule has 0 spiro atoms. The molecule has 0 aromatic heterocycles. The molecule has 1 unspecified atom stereocenters. The number of rotatable bonds is 1. The van der Waals surface area contributed by atoms with Crippen LogP contribution in [0.3, 0.4) is 0 Å². The average Bonchev–Trinajstić information content (AvgIpc) is 2.02. The highest BCUT2D eigenvalue weighted by atomic mass is 33.1. The number of amides is 1. The van der Waals surface area contributed by atoms with Crippen molar-refractivity contribution in [2.75, 3.05) is 12.8 Å². The van der Waals surface area contributed by atoms with Crippen LogP contribution < -0.4 is 5.32 Å².